The largest absolute Gasteiger partial charge is 0.321 e. The Hall–Kier alpha value is -0.820. The molecule has 0 aromatic heterocycles. The van der Waals surface area contributed by atoms with E-state index in [9.17, 15) is 0 Å². The lowest BCUT2D eigenvalue weighted by atomic mass is 9.76. The molecule has 1 saturated carbocycles. The van der Waals surface area contributed by atoms with Gasteiger partial charge in [0, 0.05) is 5.54 Å². The van der Waals surface area contributed by atoms with Gasteiger partial charge in [0.1, 0.15) is 0 Å². The van der Waals surface area contributed by atoms with Crippen molar-refractivity contribution >= 4 is 0 Å². The van der Waals surface area contributed by atoms with Gasteiger partial charge in [-0.1, -0.05) is 50.1 Å². The lowest BCUT2D eigenvalue weighted by Gasteiger charge is -2.34. The maximum Gasteiger partial charge on any atom is 0.0409 e. The molecule has 14 heavy (non-hydrogen) atoms. The third kappa shape index (κ3) is 2.58. The molecule has 1 aliphatic carbocycles. The van der Waals surface area contributed by atoms with Crippen molar-refractivity contribution in [2.24, 2.45) is 5.73 Å². The minimum absolute atomic E-state index is 0.140. The molecule has 1 rings (SSSR count). The van der Waals surface area contributed by atoms with E-state index in [1.165, 1.54) is 19.3 Å². The van der Waals surface area contributed by atoms with Crippen LogP contribution in [0, 0.1) is 0 Å². The Morgan fingerprint density at radius 1 is 1.29 bits per heavy atom. The van der Waals surface area contributed by atoms with E-state index in [1.807, 2.05) is 13.0 Å². The minimum atomic E-state index is -0.140. The van der Waals surface area contributed by atoms with Crippen LogP contribution in [0.25, 0.3) is 0 Å². The van der Waals surface area contributed by atoms with Gasteiger partial charge in [0.05, 0.1) is 0 Å². The molecule has 1 heteroatoms. The van der Waals surface area contributed by atoms with Crippen LogP contribution < -0.4 is 5.73 Å². The highest BCUT2D eigenvalue weighted by atomic mass is 14.7. The molecule has 0 radical (unpaired) electrons. The zero-order valence-corrected chi connectivity index (χ0v) is 9.18. The monoisotopic (exact) mass is 191 g/mol. The molecule has 0 aromatic rings. The van der Waals surface area contributed by atoms with Crippen LogP contribution >= 0.6 is 0 Å². The van der Waals surface area contributed by atoms with Crippen LogP contribution in [0.2, 0.25) is 0 Å². The lowest BCUT2D eigenvalue weighted by molar-refractivity contribution is 0.347. The van der Waals surface area contributed by atoms with E-state index >= 15 is 0 Å². The summed E-state index contributed by atoms with van der Waals surface area (Å²) in [6, 6.07) is 0. The summed E-state index contributed by atoms with van der Waals surface area (Å²) in [6.07, 6.45) is 9.90. The van der Waals surface area contributed by atoms with Crippen molar-refractivity contribution in [2.45, 2.75) is 44.6 Å². The molecule has 0 saturated heterocycles. The van der Waals surface area contributed by atoms with Gasteiger partial charge in [0.2, 0.25) is 0 Å². The molecule has 78 valence electrons. The zero-order chi connectivity index (χ0) is 10.6. The smallest absolute Gasteiger partial charge is 0.0409 e. The van der Waals surface area contributed by atoms with E-state index in [4.69, 9.17) is 5.73 Å². The molecular formula is C13H21N. The van der Waals surface area contributed by atoms with Crippen molar-refractivity contribution in [1.82, 2.24) is 0 Å². The van der Waals surface area contributed by atoms with E-state index in [2.05, 4.69) is 19.2 Å². The summed E-state index contributed by atoms with van der Waals surface area (Å²) < 4.78 is 0. The quantitative estimate of drug-likeness (QED) is 0.680. The average Bonchev–Trinajstić information content (AvgIpc) is 2.15. The summed E-state index contributed by atoms with van der Waals surface area (Å²) in [5.41, 5.74) is 8.45. The standard InChI is InChI=1S/C13H21N/c1-4-12(10-11(2)3)13(14)8-6-5-7-9-13/h4,10H,1-2,5-9,14H2,3H3/b12-10+. The molecule has 0 aliphatic heterocycles. The first kappa shape index (κ1) is 11.3. The van der Waals surface area contributed by atoms with E-state index in [1.54, 1.807) is 0 Å². The molecule has 1 nitrogen and oxygen atoms in total. The number of allylic oxidation sites excluding steroid dienone is 2. The van der Waals surface area contributed by atoms with Gasteiger partial charge in [-0.15, -0.1) is 0 Å². The number of hydrogen-bond acceptors (Lipinski definition) is 1. The second-order valence-electron chi connectivity index (χ2n) is 4.37. The highest BCUT2D eigenvalue weighted by Gasteiger charge is 2.29. The molecule has 0 atom stereocenters. The van der Waals surface area contributed by atoms with Crippen molar-refractivity contribution < 1.29 is 0 Å². The second kappa shape index (κ2) is 4.61. The van der Waals surface area contributed by atoms with Crippen LogP contribution in [0.1, 0.15) is 39.0 Å². The highest BCUT2D eigenvalue weighted by molar-refractivity contribution is 5.35. The molecular weight excluding hydrogens is 170 g/mol. The Kier molecular flexibility index (Phi) is 3.70. The van der Waals surface area contributed by atoms with Crippen LogP contribution in [-0.4, -0.2) is 5.54 Å². The fourth-order valence-corrected chi connectivity index (χ4v) is 2.14. The first-order chi connectivity index (χ1) is 6.58. The van der Waals surface area contributed by atoms with E-state index < -0.39 is 0 Å². The number of hydrogen-bond donors (Lipinski definition) is 1. The van der Waals surface area contributed by atoms with Crippen molar-refractivity contribution in [3.63, 3.8) is 0 Å². The Morgan fingerprint density at radius 2 is 1.86 bits per heavy atom. The summed E-state index contributed by atoms with van der Waals surface area (Å²) in [7, 11) is 0. The normalized spacial score (nSPS) is 21.7. The molecule has 0 heterocycles. The summed E-state index contributed by atoms with van der Waals surface area (Å²) >= 11 is 0. The third-order valence-corrected chi connectivity index (χ3v) is 2.94. The second-order valence-corrected chi connectivity index (χ2v) is 4.37. The number of rotatable bonds is 3. The molecule has 0 unspecified atom stereocenters. The zero-order valence-electron chi connectivity index (χ0n) is 9.18. The first-order valence-corrected chi connectivity index (χ1v) is 5.37. The average molecular weight is 191 g/mol. The summed E-state index contributed by atoms with van der Waals surface area (Å²) in [6.45, 7) is 9.73. The number of nitrogens with two attached hydrogens (primary N) is 1. The fraction of sp³-hybridized carbons (Fsp3) is 0.538. The summed E-state index contributed by atoms with van der Waals surface area (Å²) in [5.74, 6) is 0. The fourth-order valence-electron chi connectivity index (χ4n) is 2.14. The van der Waals surface area contributed by atoms with Crippen molar-refractivity contribution in [2.75, 3.05) is 0 Å². The molecule has 0 bridgehead atoms. The highest BCUT2D eigenvalue weighted by Crippen LogP contribution is 2.32. The predicted molar refractivity (Wildman–Crippen MR) is 63.1 cm³/mol. The van der Waals surface area contributed by atoms with Gasteiger partial charge in [-0.2, -0.15) is 0 Å². The lowest BCUT2D eigenvalue weighted by Crippen LogP contribution is -2.43. The maximum absolute atomic E-state index is 6.38. The summed E-state index contributed by atoms with van der Waals surface area (Å²) in [5, 5.41) is 0. The van der Waals surface area contributed by atoms with Gasteiger partial charge >= 0.3 is 0 Å². The van der Waals surface area contributed by atoms with Crippen LogP contribution in [-0.2, 0) is 0 Å². The van der Waals surface area contributed by atoms with Crippen molar-refractivity contribution in [1.29, 1.82) is 0 Å². The molecule has 2 N–H and O–H groups in total. The third-order valence-electron chi connectivity index (χ3n) is 2.94. The van der Waals surface area contributed by atoms with E-state index in [0.29, 0.717) is 0 Å². The first-order valence-electron chi connectivity index (χ1n) is 5.37. The van der Waals surface area contributed by atoms with E-state index in [-0.39, 0.29) is 5.54 Å². The molecule has 0 aromatic carbocycles. The minimum Gasteiger partial charge on any atom is -0.321 e. The van der Waals surface area contributed by atoms with Crippen molar-refractivity contribution in [3.8, 4) is 0 Å². The van der Waals surface area contributed by atoms with Gasteiger partial charge in [0.15, 0.2) is 0 Å². The van der Waals surface area contributed by atoms with E-state index in [0.717, 1.165) is 24.0 Å². The molecule has 1 aliphatic rings. The van der Waals surface area contributed by atoms with Crippen molar-refractivity contribution in [3.05, 3.63) is 36.5 Å². The molecule has 1 fully saturated rings. The van der Waals surface area contributed by atoms with Gasteiger partial charge in [0.25, 0.3) is 0 Å². The van der Waals surface area contributed by atoms with Gasteiger partial charge in [-0.05, 0) is 25.3 Å². The summed E-state index contributed by atoms with van der Waals surface area (Å²) in [4.78, 5) is 0. The maximum atomic E-state index is 6.38. The Morgan fingerprint density at radius 3 is 2.29 bits per heavy atom. The topological polar surface area (TPSA) is 26.0 Å². The Balaban J connectivity index is 2.86. The van der Waals surface area contributed by atoms with Crippen LogP contribution in [0.15, 0.2) is 36.5 Å². The van der Waals surface area contributed by atoms with Crippen LogP contribution in [0.3, 0.4) is 0 Å². The molecule has 0 amide bonds. The Labute approximate surface area is 87.4 Å². The van der Waals surface area contributed by atoms with Gasteiger partial charge < -0.3 is 5.73 Å². The van der Waals surface area contributed by atoms with Crippen LogP contribution in [0.5, 0.6) is 0 Å². The van der Waals surface area contributed by atoms with Crippen LogP contribution in [0.4, 0.5) is 0 Å². The van der Waals surface area contributed by atoms with Gasteiger partial charge in [-0.25, -0.2) is 0 Å². The predicted octanol–water partition coefficient (Wildman–Crippen LogP) is 3.34. The molecule has 0 spiro atoms. The Bertz CT molecular complexity index is 254. The SMILES string of the molecule is C=C/C(=C\C(=C)C)C1(N)CCCCC1. The van der Waals surface area contributed by atoms with Gasteiger partial charge in [-0.3, -0.25) is 0 Å².